The lowest BCUT2D eigenvalue weighted by molar-refractivity contribution is -0.180. The van der Waals surface area contributed by atoms with Gasteiger partial charge in [-0.2, -0.15) is 0 Å². The molecule has 10 heteroatoms. The molecule has 3 heterocycles. The van der Waals surface area contributed by atoms with Gasteiger partial charge >= 0.3 is 5.97 Å². The van der Waals surface area contributed by atoms with Crippen LogP contribution in [-0.2, 0) is 14.2 Å². The van der Waals surface area contributed by atoms with Crippen LogP contribution in [0.3, 0.4) is 0 Å². The summed E-state index contributed by atoms with van der Waals surface area (Å²) in [7, 11) is 4.67. The molecule has 2 aliphatic heterocycles. The van der Waals surface area contributed by atoms with Crippen molar-refractivity contribution < 1.29 is 23.8 Å². The van der Waals surface area contributed by atoms with Crippen molar-refractivity contribution in [3.05, 3.63) is 16.0 Å². The van der Waals surface area contributed by atoms with Gasteiger partial charge in [0.15, 0.2) is 10.9 Å². The van der Waals surface area contributed by atoms with Crippen LogP contribution in [0.5, 0.6) is 0 Å². The monoisotopic (exact) mass is 427 g/mol. The van der Waals surface area contributed by atoms with E-state index in [1.165, 1.54) is 23.3 Å². The molecule has 0 atom stereocenters. The summed E-state index contributed by atoms with van der Waals surface area (Å²) in [6.45, 7) is 4.37. The zero-order chi connectivity index (χ0) is 20.5. The highest BCUT2D eigenvalue weighted by Crippen LogP contribution is 2.35. The predicted octanol–water partition coefficient (Wildman–Crippen LogP) is 2.08. The summed E-state index contributed by atoms with van der Waals surface area (Å²) in [5, 5.41) is 4.18. The predicted molar refractivity (Wildman–Crippen MR) is 110 cm³/mol. The van der Waals surface area contributed by atoms with Gasteiger partial charge in [0, 0.05) is 40.0 Å². The molecule has 1 amide bonds. The van der Waals surface area contributed by atoms with Crippen LogP contribution in [0, 0.1) is 6.92 Å². The first-order valence-electron chi connectivity index (χ1n) is 9.05. The molecule has 0 aromatic carbocycles. The van der Waals surface area contributed by atoms with Crippen molar-refractivity contribution in [2.24, 2.45) is 0 Å². The number of anilines is 1. The Hall–Kier alpha value is -1.75. The minimum Gasteiger partial charge on any atom is -0.465 e. The number of rotatable bonds is 3. The number of amides is 1. The molecular weight excluding hydrogens is 402 g/mol. The second kappa shape index (κ2) is 8.32. The highest BCUT2D eigenvalue weighted by Gasteiger charge is 2.40. The van der Waals surface area contributed by atoms with Crippen molar-refractivity contribution in [2.75, 3.05) is 52.8 Å². The van der Waals surface area contributed by atoms with E-state index in [0.717, 1.165) is 12.8 Å². The molecule has 1 spiro atoms. The Labute approximate surface area is 173 Å². The average Bonchev–Trinajstić information content (AvgIpc) is 3.25. The van der Waals surface area contributed by atoms with Crippen LogP contribution >= 0.6 is 23.6 Å². The molecule has 3 rings (SSSR count). The summed E-state index contributed by atoms with van der Waals surface area (Å²) < 4.78 is 16.4. The summed E-state index contributed by atoms with van der Waals surface area (Å²) in [6.07, 6.45) is 1.46. The maximum Gasteiger partial charge on any atom is 0.341 e. The lowest BCUT2D eigenvalue weighted by Crippen LogP contribution is -2.48. The van der Waals surface area contributed by atoms with Crippen molar-refractivity contribution in [1.29, 1.82) is 0 Å². The maximum atomic E-state index is 12.5. The normalized spacial score (nSPS) is 18.2. The Morgan fingerprint density at radius 3 is 2.39 bits per heavy atom. The van der Waals surface area contributed by atoms with E-state index in [9.17, 15) is 9.59 Å². The van der Waals surface area contributed by atoms with Gasteiger partial charge in [-0.25, -0.2) is 4.79 Å². The summed E-state index contributed by atoms with van der Waals surface area (Å²) in [4.78, 5) is 28.8. The van der Waals surface area contributed by atoms with Gasteiger partial charge in [-0.3, -0.25) is 4.79 Å². The lowest BCUT2D eigenvalue weighted by Gasteiger charge is -2.38. The van der Waals surface area contributed by atoms with Gasteiger partial charge in [-0.15, -0.1) is 11.3 Å². The van der Waals surface area contributed by atoms with Crippen molar-refractivity contribution in [1.82, 2.24) is 9.80 Å². The molecule has 1 aromatic heterocycles. The van der Waals surface area contributed by atoms with Gasteiger partial charge in [-0.1, -0.05) is 0 Å². The van der Waals surface area contributed by atoms with E-state index in [0.29, 0.717) is 52.4 Å². The summed E-state index contributed by atoms with van der Waals surface area (Å²) >= 11 is 6.77. The number of thiophene rings is 1. The summed E-state index contributed by atoms with van der Waals surface area (Å²) in [5.41, 5.74) is 0.933. The number of ether oxygens (including phenoxy) is 3. The van der Waals surface area contributed by atoms with E-state index in [1.54, 1.807) is 21.0 Å². The summed E-state index contributed by atoms with van der Waals surface area (Å²) in [6, 6.07) is 0. The van der Waals surface area contributed by atoms with Crippen LogP contribution < -0.4 is 5.32 Å². The number of carbonyl (C=O) groups excluding carboxylic acids is 2. The maximum absolute atomic E-state index is 12.5. The van der Waals surface area contributed by atoms with Gasteiger partial charge in [0.2, 0.25) is 0 Å². The summed E-state index contributed by atoms with van der Waals surface area (Å²) in [5.74, 6) is -1.14. The molecule has 0 saturated carbocycles. The van der Waals surface area contributed by atoms with Crippen LogP contribution in [0.25, 0.3) is 0 Å². The number of nitrogens with zero attached hydrogens (tertiary/aromatic N) is 2. The van der Waals surface area contributed by atoms with Crippen LogP contribution in [0.15, 0.2) is 0 Å². The van der Waals surface area contributed by atoms with E-state index < -0.39 is 11.8 Å². The standard InChI is InChI=1S/C18H25N3O5S2/c1-11-12(16(23)24-4)14(28-13(11)15(22)20(2)3)19-17(27)21-7-5-18(6-8-21)25-9-10-26-18/h5-10H2,1-4H3,(H,19,27). The zero-order valence-electron chi connectivity index (χ0n) is 16.5. The lowest BCUT2D eigenvalue weighted by atomic mass is 10.0. The smallest absolute Gasteiger partial charge is 0.341 e. The van der Waals surface area contributed by atoms with Crippen LogP contribution in [0.2, 0.25) is 0 Å². The van der Waals surface area contributed by atoms with Crippen LogP contribution in [0.1, 0.15) is 38.4 Å². The third-order valence-corrected chi connectivity index (χ3v) is 6.54. The third kappa shape index (κ3) is 4.00. The number of thiocarbonyl (C=S) groups is 1. The van der Waals surface area contributed by atoms with Crippen LogP contribution in [0.4, 0.5) is 5.00 Å². The van der Waals surface area contributed by atoms with E-state index in [-0.39, 0.29) is 5.91 Å². The average molecular weight is 428 g/mol. The minimum atomic E-state index is -0.498. The molecule has 8 nitrogen and oxygen atoms in total. The first-order valence-corrected chi connectivity index (χ1v) is 10.3. The van der Waals surface area contributed by atoms with E-state index in [1.807, 2.05) is 4.90 Å². The van der Waals surface area contributed by atoms with Crippen molar-refractivity contribution in [3.8, 4) is 0 Å². The number of likely N-dealkylation sites (tertiary alicyclic amines) is 1. The molecule has 0 aliphatic carbocycles. The molecule has 1 N–H and O–H groups in total. The third-order valence-electron chi connectivity index (χ3n) is 4.98. The number of esters is 1. The molecular formula is C18H25N3O5S2. The quantitative estimate of drug-likeness (QED) is 0.580. The number of methoxy groups -OCH3 is 1. The Kier molecular flexibility index (Phi) is 6.23. The molecule has 0 radical (unpaired) electrons. The van der Waals surface area contributed by atoms with E-state index >= 15 is 0 Å². The first-order chi connectivity index (χ1) is 13.3. The fourth-order valence-corrected chi connectivity index (χ4v) is 4.93. The Morgan fingerprint density at radius 1 is 1.25 bits per heavy atom. The van der Waals surface area contributed by atoms with Gasteiger partial charge in [0.05, 0.1) is 30.8 Å². The molecule has 28 heavy (non-hydrogen) atoms. The topological polar surface area (TPSA) is 80.3 Å². The van der Waals surface area contributed by atoms with Gasteiger partial charge < -0.3 is 29.3 Å². The zero-order valence-corrected chi connectivity index (χ0v) is 18.1. The van der Waals surface area contributed by atoms with E-state index in [4.69, 9.17) is 26.4 Å². The second-order valence-corrected chi connectivity index (χ2v) is 8.38. The van der Waals surface area contributed by atoms with Crippen molar-refractivity contribution >= 4 is 45.5 Å². The molecule has 154 valence electrons. The largest absolute Gasteiger partial charge is 0.465 e. The van der Waals surface area contributed by atoms with Crippen molar-refractivity contribution in [3.63, 3.8) is 0 Å². The highest BCUT2D eigenvalue weighted by atomic mass is 32.1. The number of hydrogen-bond acceptors (Lipinski definition) is 7. The fourth-order valence-electron chi connectivity index (χ4n) is 3.37. The van der Waals surface area contributed by atoms with Crippen LogP contribution in [-0.4, -0.2) is 80.1 Å². The Bertz CT molecular complexity index is 776. The molecule has 2 aliphatic rings. The van der Waals surface area contributed by atoms with Gasteiger partial charge in [-0.05, 0) is 24.7 Å². The highest BCUT2D eigenvalue weighted by molar-refractivity contribution is 7.80. The fraction of sp³-hybridized carbons (Fsp3) is 0.611. The first kappa shape index (κ1) is 21.0. The molecule has 2 fully saturated rings. The number of piperidine rings is 1. The minimum absolute atomic E-state index is 0.165. The Balaban J connectivity index is 1.77. The molecule has 0 unspecified atom stereocenters. The SMILES string of the molecule is COC(=O)c1c(NC(=S)N2CCC3(CC2)OCCO3)sc(C(=O)N(C)C)c1C. The van der Waals surface area contributed by atoms with Gasteiger partial charge in [0.25, 0.3) is 5.91 Å². The number of carbonyl (C=O) groups is 2. The molecule has 0 bridgehead atoms. The number of nitrogens with one attached hydrogen (secondary N) is 1. The number of hydrogen-bond donors (Lipinski definition) is 1. The van der Waals surface area contributed by atoms with E-state index in [2.05, 4.69) is 5.32 Å². The second-order valence-electron chi connectivity index (χ2n) is 6.98. The molecule has 1 aromatic rings. The van der Waals surface area contributed by atoms with Crippen molar-refractivity contribution in [2.45, 2.75) is 25.6 Å². The Morgan fingerprint density at radius 2 is 1.86 bits per heavy atom. The van der Waals surface area contributed by atoms with Gasteiger partial charge in [0.1, 0.15) is 5.00 Å². The molecule has 2 saturated heterocycles.